The molecule has 1 rings (SSSR count). The first-order chi connectivity index (χ1) is 7.29. The van der Waals surface area contributed by atoms with Gasteiger partial charge in [-0.15, -0.1) is 11.8 Å². The van der Waals surface area contributed by atoms with E-state index in [1.807, 2.05) is 11.8 Å². The lowest BCUT2D eigenvalue weighted by atomic mass is 10.2. The third-order valence-electron chi connectivity index (χ3n) is 2.29. The summed E-state index contributed by atoms with van der Waals surface area (Å²) in [5.41, 5.74) is 6.97. The largest absolute Gasteiger partial charge is 0.326 e. The first-order valence-corrected chi connectivity index (χ1v) is 7.17. The second-order valence-electron chi connectivity index (χ2n) is 3.48. The lowest BCUT2D eigenvalue weighted by Gasteiger charge is -2.08. The van der Waals surface area contributed by atoms with Crippen LogP contribution in [0.5, 0.6) is 0 Å². The summed E-state index contributed by atoms with van der Waals surface area (Å²) in [6, 6.07) is 6.28. The van der Waals surface area contributed by atoms with E-state index >= 15 is 0 Å². The average Bonchev–Trinajstić information content (AvgIpc) is 2.24. The van der Waals surface area contributed by atoms with E-state index in [-0.39, 0.29) is 0 Å². The molecule has 0 radical (unpaired) electrons. The Labute approximate surface area is 105 Å². The molecular formula is C12H18BrNS. The van der Waals surface area contributed by atoms with Crippen LogP contribution >= 0.6 is 27.7 Å². The van der Waals surface area contributed by atoms with E-state index in [2.05, 4.69) is 41.1 Å². The van der Waals surface area contributed by atoms with Gasteiger partial charge >= 0.3 is 0 Å². The number of unbranched alkanes of at least 4 members (excludes halogenated alkanes) is 2. The average molecular weight is 288 g/mol. The van der Waals surface area contributed by atoms with Crippen molar-refractivity contribution in [2.45, 2.75) is 37.6 Å². The van der Waals surface area contributed by atoms with Gasteiger partial charge in [-0.1, -0.05) is 41.8 Å². The standard InChI is InChI=1S/C12H18BrNS/c1-2-3-4-8-15-12-7-5-6-11(13)10(12)9-14/h5-7H,2-4,8-9,14H2,1H3. The molecule has 0 atom stereocenters. The van der Waals surface area contributed by atoms with E-state index in [1.54, 1.807) is 0 Å². The van der Waals surface area contributed by atoms with Crippen LogP contribution in [0.25, 0.3) is 0 Å². The number of halogens is 1. The molecule has 0 aliphatic carbocycles. The predicted molar refractivity (Wildman–Crippen MR) is 72.3 cm³/mol. The maximum Gasteiger partial charge on any atom is 0.0231 e. The number of benzene rings is 1. The van der Waals surface area contributed by atoms with Gasteiger partial charge in [0.2, 0.25) is 0 Å². The van der Waals surface area contributed by atoms with Crippen LogP contribution < -0.4 is 5.73 Å². The van der Waals surface area contributed by atoms with Crippen molar-refractivity contribution in [3.63, 3.8) is 0 Å². The molecule has 3 heteroatoms. The van der Waals surface area contributed by atoms with Crippen LogP contribution in [0.15, 0.2) is 27.6 Å². The van der Waals surface area contributed by atoms with Crippen LogP contribution in [0.2, 0.25) is 0 Å². The molecule has 0 saturated heterocycles. The molecule has 0 aliphatic heterocycles. The highest BCUT2D eigenvalue weighted by Crippen LogP contribution is 2.29. The fourth-order valence-corrected chi connectivity index (χ4v) is 3.18. The Hall–Kier alpha value is 0.01000. The van der Waals surface area contributed by atoms with Gasteiger partial charge in [0.25, 0.3) is 0 Å². The van der Waals surface area contributed by atoms with Crippen molar-refractivity contribution in [3.05, 3.63) is 28.2 Å². The summed E-state index contributed by atoms with van der Waals surface area (Å²) in [4.78, 5) is 1.32. The minimum Gasteiger partial charge on any atom is -0.326 e. The van der Waals surface area contributed by atoms with Crippen molar-refractivity contribution in [3.8, 4) is 0 Å². The van der Waals surface area contributed by atoms with Crippen LogP contribution in [0.1, 0.15) is 31.7 Å². The van der Waals surface area contributed by atoms with E-state index in [0.717, 1.165) is 4.47 Å². The second kappa shape index (κ2) is 7.31. The van der Waals surface area contributed by atoms with Crippen molar-refractivity contribution >= 4 is 27.7 Å². The zero-order chi connectivity index (χ0) is 11.1. The molecule has 0 heterocycles. The smallest absolute Gasteiger partial charge is 0.0231 e. The Morgan fingerprint density at radius 1 is 1.33 bits per heavy atom. The maximum atomic E-state index is 5.74. The van der Waals surface area contributed by atoms with Gasteiger partial charge in [-0.25, -0.2) is 0 Å². The lowest BCUT2D eigenvalue weighted by molar-refractivity contribution is 0.778. The monoisotopic (exact) mass is 287 g/mol. The van der Waals surface area contributed by atoms with Crippen molar-refractivity contribution in [1.82, 2.24) is 0 Å². The molecule has 0 bridgehead atoms. The molecule has 1 aromatic carbocycles. The highest BCUT2D eigenvalue weighted by Gasteiger charge is 2.04. The number of thioether (sulfide) groups is 1. The van der Waals surface area contributed by atoms with Crippen molar-refractivity contribution in [2.75, 3.05) is 5.75 Å². The predicted octanol–water partition coefficient (Wildman–Crippen LogP) is 4.19. The first-order valence-electron chi connectivity index (χ1n) is 5.39. The highest BCUT2D eigenvalue weighted by atomic mass is 79.9. The number of nitrogens with two attached hydrogens (primary N) is 1. The van der Waals surface area contributed by atoms with Crippen molar-refractivity contribution in [2.24, 2.45) is 5.73 Å². The van der Waals surface area contributed by atoms with Crippen LogP contribution in [-0.2, 0) is 6.54 Å². The Kier molecular flexibility index (Phi) is 6.37. The molecule has 84 valence electrons. The van der Waals surface area contributed by atoms with E-state index in [1.165, 1.54) is 35.5 Å². The highest BCUT2D eigenvalue weighted by molar-refractivity contribution is 9.10. The van der Waals surface area contributed by atoms with Crippen LogP contribution in [-0.4, -0.2) is 5.75 Å². The van der Waals surface area contributed by atoms with Gasteiger partial charge in [-0.3, -0.25) is 0 Å². The Bertz CT molecular complexity index is 302. The minimum absolute atomic E-state index is 0.609. The van der Waals surface area contributed by atoms with Gasteiger partial charge in [0.05, 0.1) is 0 Å². The molecule has 1 nitrogen and oxygen atoms in total. The zero-order valence-electron chi connectivity index (χ0n) is 9.13. The van der Waals surface area contributed by atoms with Crippen LogP contribution in [0.3, 0.4) is 0 Å². The quantitative estimate of drug-likeness (QED) is 0.627. The van der Waals surface area contributed by atoms with Gasteiger partial charge in [0.1, 0.15) is 0 Å². The van der Waals surface area contributed by atoms with Gasteiger partial charge in [-0.05, 0) is 29.9 Å². The Balaban J connectivity index is 2.56. The fraction of sp³-hybridized carbons (Fsp3) is 0.500. The van der Waals surface area contributed by atoms with Gasteiger partial charge in [-0.2, -0.15) is 0 Å². The molecule has 1 aromatic rings. The number of hydrogen-bond acceptors (Lipinski definition) is 2. The SMILES string of the molecule is CCCCCSc1cccc(Br)c1CN. The molecule has 0 amide bonds. The Morgan fingerprint density at radius 3 is 2.80 bits per heavy atom. The van der Waals surface area contributed by atoms with Gasteiger partial charge < -0.3 is 5.73 Å². The number of rotatable bonds is 6. The normalized spacial score (nSPS) is 10.6. The van der Waals surface area contributed by atoms with Crippen LogP contribution in [0.4, 0.5) is 0 Å². The molecule has 0 saturated carbocycles. The van der Waals surface area contributed by atoms with E-state index in [9.17, 15) is 0 Å². The molecule has 0 spiro atoms. The van der Waals surface area contributed by atoms with Crippen molar-refractivity contribution in [1.29, 1.82) is 0 Å². The molecule has 2 N–H and O–H groups in total. The topological polar surface area (TPSA) is 26.0 Å². The van der Waals surface area contributed by atoms with Crippen molar-refractivity contribution < 1.29 is 0 Å². The molecule has 0 unspecified atom stereocenters. The maximum absolute atomic E-state index is 5.74. The van der Waals surface area contributed by atoms with Gasteiger partial charge in [0.15, 0.2) is 0 Å². The second-order valence-corrected chi connectivity index (χ2v) is 5.47. The summed E-state index contributed by atoms with van der Waals surface area (Å²) in [6.45, 7) is 2.84. The van der Waals surface area contributed by atoms with E-state index in [4.69, 9.17) is 5.73 Å². The minimum atomic E-state index is 0.609. The summed E-state index contributed by atoms with van der Waals surface area (Å²) < 4.78 is 1.13. The summed E-state index contributed by atoms with van der Waals surface area (Å²) in [7, 11) is 0. The molecular weight excluding hydrogens is 270 g/mol. The molecule has 0 fully saturated rings. The summed E-state index contributed by atoms with van der Waals surface area (Å²) in [5, 5.41) is 0. The summed E-state index contributed by atoms with van der Waals surface area (Å²) >= 11 is 5.45. The third-order valence-corrected chi connectivity index (χ3v) is 4.21. The number of hydrogen-bond donors (Lipinski definition) is 1. The zero-order valence-corrected chi connectivity index (χ0v) is 11.5. The van der Waals surface area contributed by atoms with Crippen LogP contribution in [0, 0.1) is 0 Å². The van der Waals surface area contributed by atoms with E-state index in [0.29, 0.717) is 6.54 Å². The van der Waals surface area contributed by atoms with E-state index < -0.39 is 0 Å². The molecule has 0 aromatic heterocycles. The molecule has 15 heavy (non-hydrogen) atoms. The van der Waals surface area contributed by atoms with Gasteiger partial charge in [0, 0.05) is 15.9 Å². The Morgan fingerprint density at radius 2 is 2.13 bits per heavy atom. The lowest BCUT2D eigenvalue weighted by Crippen LogP contribution is -1.99. The molecule has 0 aliphatic rings. The first kappa shape index (κ1) is 13.1. The summed E-state index contributed by atoms with van der Waals surface area (Å²) in [5.74, 6) is 1.19. The summed E-state index contributed by atoms with van der Waals surface area (Å²) in [6.07, 6.45) is 3.89. The third kappa shape index (κ3) is 4.17. The fourth-order valence-electron chi connectivity index (χ4n) is 1.41.